The second-order valence-electron chi connectivity index (χ2n) is 5.65. The quantitative estimate of drug-likeness (QED) is 0.625. The van der Waals surface area contributed by atoms with E-state index in [2.05, 4.69) is 27.1 Å². The summed E-state index contributed by atoms with van der Waals surface area (Å²) in [4.78, 5) is 15.9. The number of fused-ring (bicyclic) bond motifs is 1. The van der Waals surface area contributed by atoms with Gasteiger partial charge in [-0.1, -0.05) is 30.0 Å². The van der Waals surface area contributed by atoms with Crippen LogP contribution >= 0.6 is 11.8 Å². The fraction of sp³-hybridized carbons (Fsp3) is 0.211. The number of hydrogen-bond acceptors (Lipinski definition) is 8. The van der Waals surface area contributed by atoms with Crippen molar-refractivity contribution >= 4 is 34.2 Å². The molecular weight excluding hydrogens is 358 g/mol. The van der Waals surface area contributed by atoms with Crippen molar-refractivity contribution < 1.29 is 0 Å². The molecule has 0 fully saturated rings. The van der Waals surface area contributed by atoms with Gasteiger partial charge in [-0.05, 0) is 12.1 Å². The predicted molar refractivity (Wildman–Crippen MR) is 105 cm³/mol. The summed E-state index contributed by atoms with van der Waals surface area (Å²) in [5.41, 5.74) is 7.67. The van der Waals surface area contributed by atoms with Crippen molar-refractivity contribution in [1.29, 1.82) is 10.5 Å². The molecule has 2 heterocycles. The van der Waals surface area contributed by atoms with Crippen LogP contribution in [0, 0.1) is 22.7 Å². The molecule has 0 saturated carbocycles. The van der Waals surface area contributed by atoms with Gasteiger partial charge in [-0.3, -0.25) is 4.98 Å². The molecule has 0 aliphatic carbocycles. The molecule has 2 N–H and O–H groups in total. The van der Waals surface area contributed by atoms with Crippen LogP contribution in [-0.2, 0) is 0 Å². The average Bonchev–Trinajstić information content (AvgIpc) is 2.70. The van der Waals surface area contributed by atoms with E-state index in [1.165, 1.54) is 18.1 Å². The summed E-state index contributed by atoms with van der Waals surface area (Å²) in [6.45, 7) is 0.915. The molecule has 0 unspecified atom stereocenters. The smallest absolute Gasteiger partial charge is 0.156 e. The van der Waals surface area contributed by atoms with Crippen LogP contribution in [0.3, 0.4) is 0 Å². The first-order valence-corrected chi connectivity index (χ1v) is 9.17. The molecule has 1 aromatic carbocycles. The van der Waals surface area contributed by atoms with Crippen LogP contribution < -0.4 is 10.6 Å². The Morgan fingerprint density at radius 2 is 1.74 bits per heavy atom. The van der Waals surface area contributed by atoms with Gasteiger partial charge in [0.25, 0.3) is 0 Å². The summed E-state index contributed by atoms with van der Waals surface area (Å²) in [6.07, 6.45) is 3.86. The Morgan fingerprint density at radius 1 is 1.00 bits per heavy atom. The van der Waals surface area contributed by atoms with Gasteiger partial charge in [0.2, 0.25) is 0 Å². The van der Waals surface area contributed by atoms with E-state index in [-0.39, 0.29) is 0 Å². The molecule has 3 rings (SSSR count). The van der Waals surface area contributed by atoms with Crippen molar-refractivity contribution in [2.24, 2.45) is 0 Å². The van der Waals surface area contributed by atoms with E-state index >= 15 is 0 Å². The van der Waals surface area contributed by atoms with E-state index in [1.54, 1.807) is 6.20 Å². The lowest BCUT2D eigenvalue weighted by molar-refractivity contribution is 0.777. The number of benzene rings is 1. The minimum atomic E-state index is 0.324. The molecular formula is C19H17N7S. The second-order valence-corrected chi connectivity index (χ2v) is 6.68. The third-order valence-corrected chi connectivity index (χ3v) is 4.98. The number of nitriles is 2. The summed E-state index contributed by atoms with van der Waals surface area (Å²) in [5, 5.41) is 19.4. The predicted octanol–water partition coefficient (Wildman–Crippen LogP) is 3.39. The largest absolute Gasteiger partial charge is 0.394 e. The summed E-state index contributed by atoms with van der Waals surface area (Å²) in [7, 11) is 0. The Bertz CT molecular complexity index is 999. The standard InChI is InChI=1S/C19H17N7S/c20-8-3-11-26(12-4-9-21)18-16(22)19(25-13-24-18)27-15-7-1-5-14-6-2-10-23-17(14)15/h1-2,5-7,10,13H,3-4,11-12,22H2. The number of nitrogens with zero attached hydrogens (tertiary/aromatic N) is 6. The van der Waals surface area contributed by atoms with Crippen molar-refractivity contribution in [3.05, 3.63) is 42.9 Å². The van der Waals surface area contributed by atoms with E-state index in [4.69, 9.17) is 16.3 Å². The molecule has 2 aromatic heterocycles. The number of para-hydroxylation sites is 1. The lowest BCUT2D eigenvalue weighted by atomic mass is 10.2. The van der Waals surface area contributed by atoms with E-state index < -0.39 is 0 Å². The van der Waals surface area contributed by atoms with Gasteiger partial charge in [0, 0.05) is 29.6 Å². The fourth-order valence-electron chi connectivity index (χ4n) is 2.66. The molecule has 134 valence electrons. The van der Waals surface area contributed by atoms with Crippen molar-refractivity contribution in [1.82, 2.24) is 15.0 Å². The number of nitrogens with two attached hydrogens (primary N) is 1. The SMILES string of the molecule is N#CCCN(CCC#N)c1ncnc(Sc2cccc3cccnc23)c1N. The van der Waals surface area contributed by atoms with E-state index in [0.29, 0.717) is 42.5 Å². The van der Waals surface area contributed by atoms with Crippen LogP contribution in [0.15, 0.2) is 52.8 Å². The zero-order valence-corrected chi connectivity index (χ0v) is 15.4. The van der Waals surface area contributed by atoms with Crippen molar-refractivity contribution in [2.45, 2.75) is 22.8 Å². The lowest BCUT2D eigenvalue weighted by Crippen LogP contribution is -2.27. The van der Waals surface area contributed by atoms with E-state index in [1.807, 2.05) is 35.2 Å². The van der Waals surface area contributed by atoms with Gasteiger partial charge in [-0.15, -0.1) is 0 Å². The maximum Gasteiger partial charge on any atom is 0.156 e. The Kier molecular flexibility index (Phi) is 6.03. The summed E-state index contributed by atoms with van der Waals surface area (Å²) < 4.78 is 0. The van der Waals surface area contributed by atoms with Crippen molar-refractivity contribution in [2.75, 3.05) is 23.7 Å². The maximum absolute atomic E-state index is 8.89. The van der Waals surface area contributed by atoms with Crippen molar-refractivity contribution in [3.8, 4) is 12.1 Å². The van der Waals surface area contributed by atoms with Gasteiger partial charge in [-0.2, -0.15) is 10.5 Å². The first-order valence-electron chi connectivity index (χ1n) is 8.35. The number of aromatic nitrogens is 3. The topological polar surface area (TPSA) is 116 Å². The minimum Gasteiger partial charge on any atom is -0.394 e. The number of anilines is 2. The zero-order chi connectivity index (χ0) is 19.1. The average molecular weight is 375 g/mol. The number of pyridine rings is 1. The number of hydrogen-bond donors (Lipinski definition) is 1. The molecule has 0 amide bonds. The van der Waals surface area contributed by atoms with Gasteiger partial charge in [0.1, 0.15) is 17.0 Å². The van der Waals surface area contributed by atoms with Crippen LogP contribution in [0.5, 0.6) is 0 Å². The Balaban J connectivity index is 1.94. The molecule has 7 nitrogen and oxygen atoms in total. The highest BCUT2D eigenvalue weighted by Crippen LogP contribution is 2.37. The monoisotopic (exact) mass is 375 g/mol. The summed E-state index contributed by atoms with van der Waals surface area (Å²) in [6, 6.07) is 14.1. The Hall–Kier alpha value is -3.36. The van der Waals surface area contributed by atoms with Crippen molar-refractivity contribution in [3.63, 3.8) is 0 Å². The normalized spacial score (nSPS) is 10.3. The van der Waals surface area contributed by atoms with E-state index in [0.717, 1.165) is 15.8 Å². The van der Waals surface area contributed by atoms with Gasteiger partial charge < -0.3 is 10.6 Å². The first-order chi connectivity index (χ1) is 13.2. The molecule has 27 heavy (non-hydrogen) atoms. The highest BCUT2D eigenvalue weighted by molar-refractivity contribution is 7.99. The lowest BCUT2D eigenvalue weighted by Gasteiger charge is -2.23. The third kappa shape index (κ3) is 4.25. The molecule has 0 spiro atoms. The fourth-order valence-corrected chi connectivity index (χ4v) is 3.58. The number of rotatable bonds is 7. The van der Waals surface area contributed by atoms with E-state index in [9.17, 15) is 0 Å². The van der Waals surface area contributed by atoms with Crippen LogP contribution in [0.4, 0.5) is 11.5 Å². The zero-order valence-electron chi connectivity index (χ0n) is 14.5. The summed E-state index contributed by atoms with van der Waals surface area (Å²) in [5.74, 6) is 0.547. The molecule has 0 atom stereocenters. The summed E-state index contributed by atoms with van der Waals surface area (Å²) >= 11 is 1.43. The van der Waals surface area contributed by atoms with Crippen LogP contribution in [0.2, 0.25) is 0 Å². The Labute approximate surface area is 161 Å². The van der Waals surface area contributed by atoms with Gasteiger partial charge in [0.15, 0.2) is 5.82 Å². The first kappa shape index (κ1) is 18.4. The third-order valence-electron chi connectivity index (χ3n) is 3.92. The van der Waals surface area contributed by atoms with Gasteiger partial charge >= 0.3 is 0 Å². The van der Waals surface area contributed by atoms with Crippen LogP contribution in [0.1, 0.15) is 12.8 Å². The highest BCUT2D eigenvalue weighted by atomic mass is 32.2. The minimum absolute atomic E-state index is 0.324. The molecule has 0 aliphatic rings. The highest BCUT2D eigenvalue weighted by Gasteiger charge is 2.16. The molecule has 0 saturated heterocycles. The molecule has 3 aromatic rings. The second kappa shape index (κ2) is 8.84. The van der Waals surface area contributed by atoms with Gasteiger partial charge in [-0.25, -0.2) is 9.97 Å². The Morgan fingerprint density at radius 3 is 2.48 bits per heavy atom. The molecule has 0 bridgehead atoms. The van der Waals surface area contributed by atoms with Crippen LogP contribution in [-0.4, -0.2) is 28.0 Å². The molecule has 0 aliphatic heterocycles. The van der Waals surface area contributed by atoms with Gasteiger partial charge in [0.05, 0.1) is 30.5 Å². The molecule has 0 radical (unpaired) electrons. The molecule has 8 heteroatoms. The maximum atomic E-state index is 8.89. The number of nitrogen functional groups attached to an aromatic ring is 1. The van der Waals surface area contributed by atoms with Crippen LogP contribution in [0.25, 0.3) is 10.9 Å².